The molecule has 0 spiro atoms. The van der Waals surface area contributed by atoms with E-state index < -0.39 is 0 Å². The minimum Gasteiger partial charge on any atom is -0.218 e. The molecule has 4 nitrogen and oxygen atoms in total. The molecule has 2 heterocycles. The van der Waals surface area contributed by atoms with E-state index in [1.54, 1.807) is 35.0 Å². The van der Waals surface area contributed by atoms with Crippen LogP contribution in [0.2, 0.25) is 0 Å². The third-order valence-electron chi connectivity index (χ3n) is 1.56. The maximum absolute atomic E-state index is 4.16. The molecule has 0 aliphatic rings. The van der Waals surface area contributed by atoms with Crippen LogP contribution in [0.5, 0.6) is 0 Å². The molecule has 0 fully saturated rings. The van der Waals surface area contributed by atoms with Gasteiger partial charge in [-0.25, -0.2) is 14.6 Å². The average Bonchev–Trinajstić information content (AvgIpc) is 2.71. The molecule has 13 heavy (non-hydrogen) atoms. The summed E-state index contributed by atoms with van der Waals surface area (Å²) in [4.78, 5) is 9.37. The van der Waals surface area contributed by atoms with Crippen LogP contribution in [0.3, 0.4) is 0 Å². The van der Waals surface area contributed by atoms with Gasteiger partial charge in [0.1, 0.15) is 0 Å². The zero-order chi connectivity index (χ0) is 9.10. The summed E-state index contributed by atoms with van der Waals surface area (Å²) in [7, 11) is 0. The largest absolute Gasteiger partial charge is 0.250 e. The van der Waals surface area contributed by atoms with Crippen LogP contribution in [0.1, 0.15) is 0 Å². The van der Waals surface area contributed by atoms with Crippen LogP contribution in [-0.4, -0.2) is 26.0 Å². The van der Waals surface area contributed by atoms with Gasteiger partial charge in [0, 0.05) is 29.7 Å². The Morgan fingerprint density at radius 1 is 1.31 bits per heavy atom. The topological polar surface area (TPSA) is 43.6 Å². The fourth-order valence-corrected chi connectivity index (χ4v) is 1.24. The number of nitrogens with zero attached hydrogens (tertiary/aromatic N) is 4. The SMILES string of the molecule is CSc1cnc(-n2cccn2)nc1. The van der Waals surface area contributed by atoms with E-state index in [1.165, 1.54) is 0 Å². The molecule has 0 atom stereocenters. The lowest BCUT2D eigenvalue weighted by molar-refractivity contribution is 0.801. The van der Waals surface area contributed by atoms with Gasteiger partial charge in [-0.15, -0.1) is 11.8 Å². The van der Waals surface area contributed by atoms with Gasteiger partial charge in [0.25, 0.3) is 0 Å². The first kappa shape index (κ1) is 8.25. The highest BCUT2D eigenvalue weighted by molar-refractivity contribution is 7.98. The maximum atomic E-state index is 4.16. The van der Waals surface area contributed by atoms with Crippen LogP contribution in [-0.2, 0) is 0 Å². The number of hydrogen-bond acceptors (Lipinski definition) is 4. The van der Waals surface area contributed by atoms with E-state index in [-0.39, 0.29) is 0 Å². The molecule has 0 saturated heterocycles. The lowest BCUT2D eigenvalue weighted by atomic mass is 10.6. The summed E-state index contributed by atoms with van der Waals surface area (Å²) in [5.41, 5.74) is 0. The molecule has 2 aromatic heterocycles. The van der Waals surface area contributed by atoms with Crippen molar-refractivity contribution in [2.24, 2.45) is 0 Å². The van der Waals surface area contributed by atoms with Crippen molar-refractivity contribution in [3.63, 3.8) is 0 Å². The first-order valence-electron chi connectivity index (χ1n) is 3.76. The van der Waals surface area contributed by atoms with Crippen molar-refractivity contribution >= 4 is 11.8 Å². The van der Waals surface area contributed by atoms with Gasteiger partial charge in [-0.2, -0.15) is 5.10 Å². The molecule has 2 aromatic rings. The minimum atomic E-state index is 0.600. The Labute approximate surface area is 80.0 Å². The van der Waals surface area contributed by atoms with Crippen LogP contribution >= 0.6 is 11.8 Å². The predicted octanol–water partition coefficient (Wildman–Crippen LogP) is 1.38. The Morgan fingerprint density at radius 3 is 2.62 bits per heavy atom. The van der Waals surface area contributed by atoms with E-state index in [2.05, 4.69) is 15.1 Å². The van der Waals surface area contributed by atoms with Crippen molar-refractivity contribution in [2.75, 3.05) is 6.26 Å². The molecule has 0 aliphatic heterocycles. The second-order valence-electron chi connectivity index (χ2n) is 2.37. The molecule has 0 bridgehead atoms. The van der Waals surface area contributed by atoms with Gasteiger partial charge >= 0.3 is 0 Å². The van der Waals surface area contributed by atoms with E-state index in [0.717, 1.165) is 4.90 Å². The summed E-state index contributed by atoms with van der Waals surface area (Å²) >= 11 is 1.62. The van der Waals surface area contributed by atoms with Gasteiger partial charge < -0.3 is 0 Å². The van der Waals surface area contributed by atoms with Crippen LogP contribution in [0.25, 0.3) is 5.95 Å². The lowest BCUT2D eigenvalue weighted by Crippen LogP contribution is -2.00. The van der Waals surface area contributed by atoms with E-state index in [1.807, 2.05) is 18.5 Å². The minimum absolute atomic E-state index is 0.600. The molecule has 0 unspecified atom stereocenters. The zero-order valence-electron chi connectivity index (χ0n) is 7.08. The summed E-state index contributed by atoms with van der Waals surface area (Å²) in [6.45, 7) is 0. The van der Waals surface area contributed by atoms with Gasteiger partial charge in [-0.1, -0.05) is 0 Å². The molecular formula is C8H8N4S. The summed E-state index contributed by atoms with van der Waals surface area (Å²) in [5, 5.41) is 4.03. The lowest BCUT2D eigenvalue weighted by Gasteiger charge is -1.98. The molecule has 2 rings (SSSR count). The number of aromatic nitrogens is 4. The second-order valence-corrected chi connectivity index (χ2v) is 3.25. The summed E-state index contributed by atoms with van der Waals surface area (Å²) < 4.78 is 1.63. The Bertz CT molecular complexity index is 368. The van der Waals surface area contributed by atoms with Crippen molar-refractivity contribution in [3.8, 4) is 5.95 Å². The van der Waals surface area contributed by atoms with Crippen LogP contribution in [0.4, 0.5) is 0 Å². The van der Waals surface area contributed by atoms with E-state index in [4.69, 9.17) is 0 Å². The van der Waals surface area contributed by atoms with Crippen LogP contribution in [0.15, 0.2) is 35.7 Å². The third kappa shape index (κ3) is 1.70. The third-order valence-corrected chi connectivity index (χ3v) is 2.24. The normalized spacial score (nSPS) is 10.2. The molecular weight excluding hydrogens is 184 g/mol. The van der Waals surface area contributed by atoms with Gasteiger partial charge in [0.05, 0.1) is 0 Å². The molecule has 5 heteroatoms. The van der Waals surface area contributed by atoms with Crippen LogP contribution in [0, 0.1) is 0 Å². The summed E-state index contributed by atoms with van der Waals surface area (Å²) in [6.07, 6.45) is 9.08. The number of thioether (sulfide) groups is 1. The average molecular weight is 192 g/mol. The van der Waals surface area contributed by atoms with Crippen molar-refractivity contribution < 1.29 is 0 Å². The van der Waals surface area contributed by atoms with Crippen molar-refractivity contribution in [1.29, 1.82) is 0 Å². The predicted molar refractivity (Wildman–Crippen MR) is 50.9 cm³/mol. The van der Waals surface area contributed by atoms with Crippen molar-refractivity contribution in [1.82, 2.24) is 19.7 Å². The van der Waals surface area contributed by atoms with Crippen molar-refractivity contribution in [2.45, 2.75) is 4.90 Å². The molecule has 0 aromatic carbocycles. The number of hydrogen-bond donors (Lipinski definition) is 0. The molecule has 0 radical (unpaired) electrons. The Morgan fingerprint density at radius 2 is 2.08 bits per heavy atom. The highest BCUT2D eigenvalue weighted by Crippen LogP contribution is 2.11. The van der Waals surface area contributed by atoms with Gasteiger partial charge in [-0.3, -0.25) is 0 Å². The van der Waals surface area contributed by atoms with Crippen molar-refractivity contribution in [3.05, 3.63) is 30.9 Å². The molecule has 0 amide bonds. The Hall–Kier alpha value is -1.36. The summed E-state index contributed by atoms with van der Waals surface area (Å²) in [5.74, 6) is 0.600. The standard InChI is InChI=1S/C8H8N4S/c1-13-7-5-9-8(10-6-7)12-4-2-3-11-12/h2-6H,1H3. The first-order chi connectivity index (χ1) is 6.40. The van der Waals surface area contributed by atoms with E-state index in [9.17, 15) is 0 Å². The Kier molecular flexibility index (Phi) is 2.27. The second kappa shape index (κ2) is 3.57. The van der Waals surface area contributed by atoms with Gasteiger partial charge in [-0.05, 0) is 12.3 Å². The van der Waals surface area contributed by atoms with Crippen LogP contribution < -0.4 is 0 Å². The van der Waals surface area contributed by atoms with Gasteiger partial charge in [0.2, 0.25) is 5.95 Å². The highest BCUT2D eigenvalue weighted by Gasteiger charge is 1.98. The molecule has 66 valence electrons. The molecule has 0 N–H and O–H groups in total. The van der Waals surface area contributed by atoms with E-state index >= 15 is 0 Å². The maximum Gasteiger partial charge on any atom is 0.250 e. The van der Waals surface area contributed by atoms with E-state index in [0.29, 0.717) is 5.95 Å². The smallest absolute Gasteiger partial charge is 0.218 e. The first-order valence-corrected chi connectivity index (χ1v) is 4.98. The monoisotopic (exact) mass is 192 g/mol. The summed E-state index contributed by atoms with van der Waals surface area (Å²) in [6, 6.07) is 1.84. The number of rotatable bonds is 2. The fraction of sp³-hybridized carbons (Fsp3) is 0.125. The Balaban J connectivity index is 2.33. The molecule has 0 aliphatic carbocycles. The fourth-order valence-electron chi connectivity index (χ4n) is 0.920. The molecule has 0 saturated carbocycles. The van der Waals surface area contributed by atoms with Gasteiger partial charge in [0.15, 0.2) is 0 Å². The highest BCUT2D eigenvalue weighted by atomic mass is 32.2. The zero-order valence-corrected chi connectivity index (χ0v) is 7.90. The quantitative estimate of drug-likeness (QED) is 0.674.